The van der Waals surface area contributed by atoms with Crippen molar-refractivity contribution in [2.75, 3.05) is 5.32 Å². The van der Waals surface area contributed by atoms with E-state index in [9.17, 15) is 13.2 Å². The minimum Gasteiger partial charge on any atom is -0.332 e. The van der Waals surface area contributed by atoms with Gasteiger partial charge in [-0.05, 0) is 75.0 Å². The van der Waals surface area contributed by atoms with Gasteiger partial charge in [0.05, 0.1) is 11.3 Å². The molecule has 6 nitrogen and oxygen atoms in total. The number of carbonyl (C=O) groups excluding carboxylic acids is 1. The number of rotatable bonds is 5. The highest BCUT2D eigenvalue weighted by Gasteiger charge is 2.21. The van der Waals surface area contributed by atoms with Gasteiger partial charge in [0.1, 0.15) is 0 Å². The van der Waals surface area contributed by atoms with Crippen molar-refractivity contribution in [3.8, 4) is 0 Å². The summed E-state index contributed by atoms with van der Waals surface area (Å²) in [4.78, 5) is 12.2. The lowest BCUT2D eigenvalue weighted by molar-refractivity contribution is -0.119. The van der Waals surface area contributed by atoms with E-state index < -0.39 is 15.6 Å². The molecule has 0 spiro atoms. The normalized spacial score (nSPS) is 11.7. The van der Waals surface area contributed by atoms with Crippen molar-refractivity contribution in [3.05, 3.63) is 59.1 Å². The Morgan fingerprint density at radius 2 is 1.61 bits per heavy atom. The molecule has 0 aliphatic heterocycles. The van der Waals surface area contributed by atoms with E-state index in [4.69, 9.17) is 23.8 Å². The van der Waals surface area contributed by atoms with Crippen LogP contribution >= 0.6 is 23.8 Å². The number of carbonyl (C=O) groups is 1. The summed E-state index contributed by atoms with van der Waals surface area (Å²) in [5.74, 6) is -0.270. The molecule has 0 saturated heterocycles. The van der Waals surface area contributed by atoms with E-state index in [1.165, 1.54) is 12.1 Å². The van der Waals surface area contributed by atoms with Crippen LogP contribution in [0.1, 0.15) is 26.3 Å². The van der Waals surface area contributed by atoms with Crippen LogP contribution in [0.2, 0.25) is 5.02 Å². The Kier molecular flexibility index (Phi) is 7.16. The van der Waals surface area contributed by atoms with Crippen LogP contribution in [-0.2, 0) is 21.2 Å². The minimum atomic E-state index is -3.61. The zero-order valence-corrected chi connectivity index (χ0v) is 18.1. The standard InChI is InChI=1S/C19H22ClN3O3S2/c1-19(2,3)23-28(25,26)16-10-8-15(9-11-16)21-18(27)22-17(24)12-13-4-6-14(20)7-5-13/h4-11,23H,12H2,1-3H3,(H2,21,22,24,27). The number of hydrogen-bond acceptors (Lipinski definition) is 4. The summed E-state index contributed by atoms with van der Waals surface area (Å²) in [6, 6.07) is 13.1. The van der Waals surface area contributed by atoms with Gasteiger partial charge in [-0.3, -0.25) is 4.79 Å². The van der Waals surface area contributed by atoms with Crippen LogP contribution in [0.25, 0.3) is 0 Å². The molecule has 0 atom stereocenters. The van der Waals surface area contributed by atoms with E-state index in [-0.39, 0.29) is 22.3 Å². The maximum atomic E-state index is 12.3. The third-order valence-corrected chi connectivity index (χ3v) is 5.62. The summed E-state index contributed by atoms with van der Waals surface area (Å²) in [6.07, 6.45) is 0.161. The second kappa shape index (κ2) is 9.00. The molecule has 0 heterocycles. The van der Waals surface area contributed by atoms with E-state index in [1.54, 1.807) is 57.2 Å². The predicted molar refractivity (Wildman–Crippen MR) is 116 cm³/mol. The van der Waals surface area contributed by atoms with Crippen LogP contribution in [-0.4, -0.2) is 25.0 Å². The van der Waals surface area contributed by atoms with Gasteiger partial charge < -0.3 is 10.6 Å². The first kappa shape index (κ1) is 22.3. The third-order valence-electron chi connectivity index (χ3n) is 3.39. The first-order valence-electron chi connectivity index (χ1n) is 8.44. The average molecular weight is 440 g/mol. The SMILES string of the molecule is CC(C)(C)NS(=O)(=O)c1ccc(NC(=S)NC(=O)Cc2ccc(Cl)cc2)cc1. The first-order chi connectivity index (χ1) is 12.9. The van der Waals surface area contributed by atoms with E-state index >= 15 is 0 Å². The Morgan fingerprint density at radius 3 is 2.14 bits per heavy atom. The van der Waals surface area contributed by atoms with E-state index in [0.717, 1.165) is 5.56 Å². The summed E-state index contributed by atoms with van der Waals surface area (Å²) in [6.45, 7) is 5.31. The molecule has 0 aliphatic rings. The van der Waals surface area contributed by atoms with Gasteiger partial charge >= 0.3 is 0 Å². The zero-order chi connectivity index (χ0) is 20.9. The van der Waals surface area contributed by atoms with Crippen LogP contribution in [0.3, 0.4) is 0 Å². The van der Waals surface area contributed by atoms with Crippen molar-refractivity contribution >= 4 is 50.5 Å². The fourth-order valence-corrected chi connectivity index (χ4v) is 4.08. The Morgan fingerprint density at radius 1 is 1.04 bits per heavy atom. The van der Waals surface area contributed by atoms with Crippen LogP contribution < -0.4 is 15.4 Å². The maximum Gasteiger partial charge on any atom is 0.241 e. The topological polar surface area (TPSA) is 87.3 Å². The van der Waals surface area contributed by atoms with Gasteiger partial charge in [0.25, 0.3) is 0 Å². The number of halogens is 1. The van der Waals surface area contributed by atoms with Gasteiger partial charge in [0.15, 0.2) is 5.11 Å². The second-order valence-electron chi connectivity index (χ2n) is 7.19. The molecule has 3 N–H and O–H groups in total. The number of anilines is 1. The second-order valence-corrected chi connectivity index (χ2v) is 9.71. The van der Waals surface area contributed by atoms with Crippen molar-refractivity contribution in [2.45, 2.75) is 37.6 Å². The number of amides is 1. The fraction of sp³-hybridized carbons (Fsp3) is 0.263. The first-order valence-corrected chi connectivity index (χ1v) is 10.7. The summed E-state index contributed by atoms with van der Waals surface area (Å²) >= 11 is 11.0. The maximum absolute atomic E-state index is 12.3. The van der Waals surface area contributed by atoms with Crippen LogP contribution in [0.15, 0.2) is 53.4 Å². The molecular weight excluding hydrogens is 418 g/mol. The molecule has 0 saturated carbocycles. The lowest BCUT2D eigenvalue weighted by atomic mass is 10.1. The highest BCUT2D eigenvalue weighted by atomic mass is 35.5. The molecule has 0 unspecified atom stereocenters. The van der Waals surface area contributed by atoms with Crippen LogP contribution in [0, 0.1) is 0 Å². The van der Waals surface area contributed by atoms with Gasteiger partial charge in [-0.1, -0.05) is 23.7 Å². The number of benzene rings is 2. The molecule has 28 heavy (non-hydrogen) atoms. The van der Waals surface area contributed by atoms with Crippen LogP contribution in [0.4, 0.5) is 5.69 Å². The molecule has 2 rings (SSSR count). The van der Waals surface area contributed by atoms with Gasteiger partial charge in [0, 0.05) is 16.2 Å². The lowest BCUT2D eigenvalue weighted by Gasteiger charge is -2.20. The Labute approximate surface area is 175 Å². The highest BCUT2D eigenvalue weighted by molar-refractivity contribution is 7.89. The number of sulfonamides is 1. The summed E-state index contributed by atoms with van der Waals surface area (Å²) in [7, 11) is -3.61. The predicted octanol–water partition coefficient (Wildman–Crippen LogP) is 3.47. The zero-order valence-electron chi connectivity index (χ0n) is 15.7. The van der Waals surface area contributed by atoms with Crippen molar-refractivity contribution in [1.29, 1.82) is 0 Å². The van der Waals surface area contributed by atoms with Crippen molar-refractivity contribution in [2.24, 2.45) is 0 Å². The lowest BCUT2D eigenvalue weighted by Crippen LogP contribution is -2.40. The summed E-state index contributed by atoms with van der Waals surface area (Å²) in [5, 5.41) is 6.17. The molecule has 0 aliphatic carbocycles. The summed E-state index contributed by atoms with van der Waals surface area (Å²) < 4.78 is 27.2. The molecule has 0 radical (unpaired) electrons. The monoisotopic (exact) mass is 439 g/mol. The van der Waals surface area contributed by atoms with E-state index in [2.05, 4.69) is 15.4 Å². The molecule has 0 bridgehead atoms. The van der Waals surface area contributed by atoms with Gasteiger partial charge in [-0.2, -0.15) is 0 Å². The quantitative estimate of drug-likeness (QED) is 0.621. The Hall–Kier alpha value is -2.00. The Balaban J connectivity index is 1.93. The number of thiocarbonyl (C=S) groups is 1. The van der Waals surface area contributed by atoms with Crippen molar-refractivity contribution < 1.29 is 13.2 Å². The molecule has 2 aromatic carbocycles. The number of hydrogen-bond donors (Lipinski definition) is 3. The smallest absolute Gasteiger partial charge is 0.241 e. The van der Waals surface area contributed by atoms with Gasteiger partial charge in [0.2, 0.25) is 15.9 Å². The molecule has 150 valence electrons. The highest BCUT2D eigenvalue weighted by Crippen LogP contribution is 2.16. The number of nitrogens with one attached hydrogen (secondary N) is 3. The summed E-state index contributed by atoms with van der Waals surface area (Å²) in [5.41, 5.74) is 0.795. The largest absolute Gasteiger partial charge is 0.332 e. The molecule has 0 aromatic heterocycles. The molecular formula is C19H22ClN3O3S2. The van der Waals surface area contributed by atoms with E-state index in [0.29, 0.717) is 10.7 Å². The minimum absolute atomic E-state index is 0.127. The molecule has 9 heteroatoms. The van der Waals surface area contributed by atoms with Crippen molar-refractivity contribution in [3.63, 3.8) is 0 Å². The van der Waals surface area contributed by atoms with Gasteiger partial charge in [-0.15, -0.1) is 0 Å². The van der Waals surface area contributed by atoms with E-state index in [1.807, 2.05) is 0 Å². The Bertz CT molecular complexity index is 951. The average Bonchev–Trinajstić information content (AvgIpc) is 2.55. The molecule has 0 fully saturated rings. The van der Waals surface area contributed by atoms with Gasteiger partial charge in [-0.25, -0.2) is 13.1 Å². The van der Waals surface area contributed by atoms with Crippen LogP contribution in [0.5, 0.6) is 0 Å². The fourth-order valence-electron chi connectivity index (χ4n) is 2.30. The third kappa shape index (κ3) is 7.20. The van der Waals surface area contributed by atoms with Crippen molar-refractivity contribution in [1.82, 2.24) is 10.0 Å². The molecule has 2 aromatic rings. The molecule has 1 amide bonds.